The second-order valence-electron chi connectivity index (χ2n) is 7.55. The number of carbonyl (C=O) groups excluding carboxylic acids is 1. The monoisotopic (exact) mass is 485 g/mol. The molecule has 1 aromatic heterocycles. The van der Waals surface area contributed by atoms with E-state index in [2.05, 4.69) is 9.69 Å². The number of aromatic nitrogens is 1. The highest BCUT2D eigenvalue weighted by Crippen LogP contribution is 2.41. The zero-order valence-electron chi connectivity index (χ0n) is 19.4. The number of ether oxygens (including phenoxy) is 3. The molecule has 3 rings (SSSR count). The van der Waals surface area contributed by atoms with Gasteiger partial charge in [0.2, 0.25) is 5.91 Å². The first-order chi connectivity index (χ1) is 16.3. The maximum Gasteiger partial charge on any atom is 0.303 e. The van der Waals surface area contributed by atoms with E-state index in [-0.39, 0.29) is 12.8 Å². The van der Waals surface area contributed by atoms with Gasteiger partial charge in [0.05, 0.1) is 38.8 Å². The average Bonchev–Trinajstić information content (AvgIpc) is 3.31. The van der Waals surface area contributed by atoms with Crippen LogP contribution in [0.15, 0.2) is 35.7 Å². The second-order valence-corrected chi connectivity index (χ2v) is 8.18. The molecule has 1 atom stereocenters. The Bertz CT molecular complexity index is 1190. The van der Waals surface area contributed by atoms with Gasteiger partial charge in [0, 0.05) is 22.9 Å². The summed E-state index contributed by atoms with van der Waals surface area (Å²) in [6.45, 7) is 1.94. The molecule has 0 unspecified atom stereocenters. The van der Waals surface area contributed by atoms with Gasteiger partial charge in [0.1, 0.15) is 5.75 Å². The van der Waals surface area contributed by atoms with Gasteiger partial charge >= 0.3 is 5.97 Å². The number of carbonyl (C=O) groups is 2. The number of nitrogens with two attached hydrogens (primary N) is 1. The molecule has 34 heavy (non-hydrogen) atoms. The summed E-state index contributed by atoms with van der Waals surface area (Å²) in [5.41, 5.74) is 10.5. The van der Waals surface area contributed by atoms with Crippen molar-refractivity contribution in [3.63, 3.8) is 0 Å². The van der Waals surface area contributed by atoms with Crippen molar-refractivity contribution in [2.24, 2.45) is 5.73 Å². The molecular weight excluding hydrogens is 458 g/mol. The predicted molar refractivity (Wildman–Crippen MR) is 131 cm³/mol. The van der Waals surface area contributed by atoms with Crippen molar-refractivity contribution in [2.45, 2.75) is 25.8 Å². The van der Waals surface area contributed by atoms with Crippen molar-refractivity contribution >= 4 is 29.1 Å². The van der Waals surface area contributed by atoms with Crippen LogP contribution in [0.25, 0.3) is 22.4 Å². The fourth-order valence-electron chi connectivity index (χ4n) is 3.55. The van der Waals surface area contributed by atoms with Crippen LogP contribution in [-0.2, 0) is 9.59 Å². The van der Waals surface area contributed by atoms with E-state index in [0.717, 1.165) is 27.9 Å². The Morgan fingerprint density at radius 3 is 2.47 bits per heavy atom. The molecular formula is C24H27N3O6S. The Labute approximate surface area is 201 Å². The van der Waals surface area contributed by atoms with Crippen LogP contribution in [0.5, 0.6) is 17.2 Å². The lowest BCUT2D eigenvalue weighted by Crippen LogP contribution is -2.36. The maximum absolute atomic E-state index is 12.5. The van der Waals surface area contributed by atoms with Crippen molar-refractivity contribution in [3.05, 3.63) is 41.3 Å². The van der Waals surface area contributed by atoms with Crippen molar-refractivity contribution in [3.8, 4) is 39.6 Å². The second kappa shape index (κ2) is 11.0. The summed E-state index contributed by atoms with van der Waals surface area (Å²) in [4.78, 5) is 23.3. The van der Waals surface area contributed by atoms with Crippen LogP contribution in [0.4, 0.5) is 5.69 Å². The standard InChI is InChI=1S/C24H27N3O6S/c1-13-9-15(11-20(32-3)23(13)33-4)22-16(12-34-27-22)14-5-7-19(31-2)18(10-14)26-24(30)17(25)6-8-21(28)29/h5,7,9-12,17H,6,8,25H2,1-4H3,(H,26,30)(H,28,29)/t17-/m1/s1. The molecule has 10 heteroatoms. The van der Waals surface area contributed by atoms with Gasteiger partial charge in [-0.25, -0.2) is 0 Å². The first kappa shape index (κ1) is 25.0. The zero-order valence-corrected chi connectivity index (χ0v) is 20.2. The highest BCUT2D eigenvalue weighted by Gasteiger charge is 2.20. The summed E-state index contributed by atoms with van der Waals surface area (Å²) in [5.74, 6) is 0.224. The van der Waals surface area contributed by atoms with E-state index < -0.39 is 17.9 Å². The molecule has 2 aromatic carbocycles. The van der Waals surface area contributed by atoms with Crippen molar-refractivity contribution < 1.29 is 28.9 Å². The molecule has 1 heterocycles. The van der Waals surface area contributed by atoms with Gasteiger partial charge in [0.15, 0.2) is 11.5 Å². The van der Waals surface area contributed by atoms with Crippen molar-refractivity contribution in [1.29, 1.82) is 0 Å². The SMILES string of the molecule is COc1ccc(-c2csnc2-c2cc(C)c(OC)c(OC)c2)cc1NC(=O)[C@H](N)CCC(=O)O. The van der Waals surface area contributed by atoms with Crippen molar-refractivity contribution in [2.75, 3.05) is 26.6 Å². The van der Waals surface area contributed by atoms with E-state index in [1.54, 1.807) is 26.4 Å². The fourth-order valence-corrected chi connectivity index (χ4v) is 4.26. The van der Waals surface area contributed by atoms with Gasteiger partial charge < -0.3 is 30.4 Å². The molecule has 4 N–H and O–H groups in total. The molecule has 0 radical (unpaired) electrons. The first-order valence-corrected chi connectivity index (χ1v) is 11.3. The Morgan fingerprint density at radius 2 is 1.82 bits per heavy atom. The van der Waals surface area contributed by atoms with Crippen LogP contribution in [-0.4, -0.2) is 48.7 Å². The Balaban J connectivity index is 1.96. The van der Waals surface area contributed by atoms with Crippen molar-refractivity contribution in [1.82, 2.24) is 4.37 Å². The number of aryl methyl sites for hydroxylation is 1. The van der Waals surface area contributed by atoms with E-state index >= 15 is 0 Å². The fraction of sp³-hybridized carbons (Fsp3) is 0.292. The molecule has 0 aliphatic carbocycles. The zero-order chi connectivity index (χ0) is 24.8. The highest BCUT2D eigenvalue weighted by atomic mass is 32.1. The summed E-state index contributed by atoms with van der Waals surface area (Å²) >= 11 is 1.31. The van der Waals surface area contributed by atoms with Gasteiger partial charge in [-0.2, -0.15) is 4.37 Å². The number of carboxylic acid groups (broad SMARTS) is 1. The molecule has 0 bridgehead atoms. The maximum atomic E-state index is 12.5. The highest BCUT2D eigenvalue weighted by molar-refractivity contribution is 7.04. The molecule has 0 saturated carbocycles. The predicted octanol–water partition coefficient (Wildman–Crippen LogP) is 3.94. The third-order valence-electron chi connectivity index (χ3n) is 5.28. The molecule has 9 nitrogen and oxygen atoms in total. The van der Waals surface area contributed by atoms with Crippen LogP contribution in [0.1, 0.15) is 18.4 Å². The van der Waals surface area contributed by atoms with Crippen LogP contribution in [0, 0.1) is 6.92 Å². The molecule has 0 aliphatic heterocycles. The number of nitrogens with one attached hydrogen (secondary N) is 1. The van der Waals surface area contributed by atoms with Crippen LogP contribution in [0.3, 0.4) is 0 Å². The number of hydrogen-bond donors (Lipinski definition) is 3. The molecule has 0 saturated heterocycles. The van der Waals surface area contributed by atoms with E-state index in [1.165, 1.54) is 18.6 Å². The molecule has 1 amide bonds. The van der Waals surface area contributed by atoms with E-state index in [4.69, 9.17) is 25.1 Å². The number of amides is 1. The quantitative estimate of drug-likeness (QED) is 0.393. The van der Waals surface area contributed by atoms with Crippen LogP contribution < -0.4 is 25.3 Å². The number of hydrogen-bond acceptors (Lipinski definition) is 8. The molecule has 180 valence electrons. The lowest BCUT2D eigenvalue weighted by Gasteiger charge is -2.16. The van der Waals surface area contributed by atoms with Gasteiger partial charge in [-0.3, -0.25) is 9.59 Å². The Morgan fingerprint density at radius 1 is 1.09 bits per heavy atom. The Hall–Kier alpha value is -3.63. The largest absolute Gasteiger partial charge is 0.495 e. The van der Waals surface area contributed by atoms with E-state index in [0.29, 0.717) is 22.9 Å². The van der Waals surface area contributed by atoms with Gasteiger partial charge in [0.25, 0.3) is 0 Å². The van der Waals surface area contributed by atoms with E-state index in [1.807, 2.05) is 30.5 Å². The van der Waals surface area contributed by atoms with Gasteiger partial charge in [-0.1, -0.05) is 6.07 Å². The van der Waals surface area contributed by atoms with Crippen LogP contribution >= 0.6 is 11.5 Å². The number of aliphatic carboxylic acids is 1. The molecule has 0 aliphatic rings. The summed E-state index contributed by atoms with van der Waals surface area (Å²) in [6.07, 6.45) is -0.166. The summed E-state index contributed by atoms with van der Waals surface area (Å²) in [5, 5.41) is 13.5. The third-order valence-corrected chi connectivity index (χ3v) is 5.91. The topological polar surface area (TPSA) is 133 Å². The third kappa shape index (κ3) is 5.46. The summed E-state index contributed by atoms with van der Waals surface area (Å²) < 4.78 is 20.9. The molecule has 0 spiro atoms. The van der Waals surface area contributed by atoms with Crippen LogP contribution in [0.2, 0.25) is 0 Å². The lowest BCUT2D eigenvalue weighted by molar-refractivity contribution is -0.137. The number of benzene rings is 2. The Kier molecular flexibility index (Phi) is 8.08. The molecule has 0 fully saturated rings. The average molecular weight is 486 g/mol. The first-order valence-electron chi connectivity index (χ1n) is 10.4. The number of rotatable bonds is 10. The summed E-state index contributed by atoms with van der Waals surface area (Å²) in [6, 6.07) is 8.29. The summed E-state index contributed by atoms with van der Waals surface area (Å²) in [7, 11) is 4.68. The minimum absolute atomic E-state index is 0.0282. The smallest absolute Gasteiger partial charge is 0.303 e. The van der Waals surface area contributed by atoms with E-state index in [9.17, 15) is 9.59 Å². The normalized spacial score (nSPS) is 11.6. The minimum atomic E-state index is -1.01. The van der Waals surface area contributed by atoms with Gasteiger partial charge in [-0.05, 0) is 60.3 Å². The lowest BCUT2D eigenvalue weighted by atomic mass is 9.99. The number of methoxy groups -OCH3 is 3. The molecule has 3 aromatic rings. The number of anilines is 1. The number of nitrogens with zero attached hydrogens (tertiary/aromatic N) is 1. The number of carboxylic acids is 1. The minimum Gasteiger partial charge on any atom is -0.495 e. The van der Waals surface area contributed by atoms with Gasteiger partial charge in [-0.15, -0.1) is 0 Å².